The number of benzene rings is 1. The van der Waals surface area contributed by atoms with E-state index in [4.69, 9.17) is 19.3 Å². The highest BCUT2D eigenvalue weighted by atomic mass is 32.1. The number of thiophene rings is 1. The van der Waals surface area contributed by atoms with Crippen LogP contribution in [0.5, 0.6) is 5.75 Å². The zero-order chi connectivity index (χ0) is 20.8. The van der Waals surface area contributed by atoms with Crippen LogP contribution in [0, 0.1) is 25.2 Å². The van der Waals surface area contributed by atoms with E-state index >= 15 is 0 Å². The molecular weight excluding hydrogens is 394 g/mol. The molecule has 0 aliphatic heterocycles. The number of carbonyl (C=O) groups is 2. The molecule has 1 aromatic carbocycles. The fourth-order valence-corrected chi connectivity index (χ4v) is 3.24. The maximum atomic E-state index is 12.4. The van der Waals surface area contributed by atoms with Gasteiger partial charge in [-0.05, 0) is 37.4 Å². The number of nitrogens with zero attached hydrogens (tertiary/aromatic N) is 2. The molecule has 0 fully saturated rings. The molecule has 0 spiro atoms. The van der Waals surface area contributed by atoms with Crippen LogP contribution in [0.3, 0.4) is 0 Å². The predicted molar refractivity (Wildman–Crippen MR) is 105 cm³/mol. The van der Waals surface area contributed by atoms with Crippen molar-refractivity contribution in [3.63, 3.8) is 0 Å². The van der Waals surface area contributed by atoms with Crippen molar-refractivity contribution < 1.29 is 23.6 Å². The zero-order valence-corrected chi connectivity index (χ0v) is 16.5. The largest absolute Gasteiger partial charge is 0.488 e. The Morgan fingerprint density at radius 1 is 1.28 bits per heavy atom. The maximum absolute atomic E-state index is 12.4. The van der Waals surface area contributed by atoms with E-state index in [1.54, 1.807) is 49.6 Å². The van der Waals surface area contributed by atoms with Gasteiger partial charge in [0.05, 0.1) is 16.8 Å². The number of esters is 1. The van der Waals surface area contributed by atoms with Crippen molar-refractivity contribution in [3.8, 4) is 11.8 Å². The van der Waals surface area contributed by atoms with Gasteiger partial charge in [-0.15, -0.1) is 11.3 Å². The van der Waals surface area contributed by atoms with Crippen LogP contribution in [0.4, 0.5) is 5.00 Å². The van der Waals surface area contributed by atoms with Crippen LogP contribution in [0.15, 0.2) is 40.2 Å². The minimum absolute atomic E-state index is 0.182. The summed E-state index contributed by atoms with van der Waals surface area (Å²) in [6, 6.07) is 10.2. The average molecular weight is 411 g/mol. The Balaban J connectivity index is 1.61. The maximum Gasteiger partial charge on any atom is 0.342 e. The molecule has 1 amide bonds. The second-order valence-corrected chi connectivity index (χ2v) is 6.90. The number of anilines is 1. The smallest absolute Gasteiger partial charge is 0.342 e. The number of carbonyl (C=O) groups excluding carboxylic acids is 2. The Morgan fingerprint density at radius 3 is 2.79 bits per heavy atom. The van der Waals surface area contributed by atoms with Gasteiger partial charge in [-0.1, -0.05) is 17.3 Å². The molecule has 29 heavy (non-hydrogen) atoms. The fraction of sp³-hybridized carbons (Fsp3) is 0.200. The second-order valence-electron chi connectivity index (χ2n) is 5.99. The van der Waals surface area contributed by atoms with Crippen molar-refractivity contribution in [2.45, 2.75) is 20.5 Å². The van der Waals surface area contributed by atoms with Gasteiger partial charge >= 0.3 is 5.97 Å². The number of hydrogen-bond acceptors (Lipinski definition) is 8. The summed E-state index contributed by atoms with van der Waals surface area (Å²) >= 11 is 1.22. The van der Waals surface area contributed by atoms with Crippen LogP contribution < -0.4 is 10.1 Å². The number of aryl methyl sites for hydroxylation is 2. The molecule has 0 bridgehead atoms. The van der Waals surface area contributed by atoms with Gasteiger partial charge in [0.25, 0.3) is 5.91 Å². The summed E-state index contributed by atoms with van der Waals surface area (Å²) in [4.78, 5) is 24.4. The summed E-state index contributed by atoms with van der Waals surface area (Å²) < 4.78 is 15.9. The molecule has 2 aromatic heterocycles. The van der Waals surface area contributed by atoms with Gasteiger partial charge < -0.3 is 19.3 Å². The summed E-state index contributed by atoms with van der Waals surface area (Å²) in [7, 11) is 0. The minimum Gasteiger partial charge on any atom is -0.488 e. The van der Waals surface area contributed by atoms with Crippen LogP contribution in [0.1, 0.15) is 32.9 Å². The van der Waals surface area contributed by atoms with Gasteiger partial charge in [0, 0.05) is 0 Å². The molecule has 0 radical (unpaired) electrons. The van der Waals surface area contributed by atoms with Crippen LogP contribution in [-0.4, -0.2) is 23.6 Å². The lowest BCUT2D eigenvalue weighted by Crippen LogP contribution is -2.21. The third-order valence-electron chi connectivity index (χ3n) is 4.03. The number of nitrogens with one attached hydrogen (secondary N) is 1. The highest BCUT2D eigenvalue weighted by Gasteiger charge is 2.17. The van der Waals surface area contributed by atoms with Gasteiger partial charge in [-0.3, -0.25) is 4.79 Å². The first kappa shape index (κ1) is 20.1. The SMILES string of the molecule is Cc1noc(C)c1COc1ccccc1C(=O)OCC(=O)Nc1sccc1C#N. The van der Waals surface area contributed by atoms with E-state index in [2.05, 4.69) is 10.5 Å². The first-order chi connectivity index (χ1) is 14.0. The van der Waals surface area contributed by atoms with Crippen molar-refractivity contribution in [2.24, 2.45) is 0 Å². The van der Waals surface area contributed by atoms with Crippen molar-refractivity contribution in [1.82, 2.24) is 5.16 Å². The van der Waals surface area contributed by atoms with E-state index in [0.29, 0.717) is 27.8 Å². The lowest BCUT2D eigenvalue weighted by molar-refractivity contribution is -0.119. The first-order valence-corrected chi connectivity index (χ1v) is 9.45. The number of rotatable bonds is 7. The summed E-state index contributed by atoms with van der Waals surface area (Å²) in [6.45, 7) is 3.28. The second kappa shape index (κ2) is 9.03. The fourth-order valence-electron chi connectivity index (χ4n) is 2.48. The Labute approximate surface area is 170 Å². The molecule has 3 aromatic rings. The van der Waals surface area contributed by atoms with E-state index in [9.17, 15) is 9.59 Å². The quantitative estimate of drug-likeness (QED) is 0.591. The molecule has 8 nitrogen and oxygen atoms in total. The molecule has 0 aliphatic carbocycles. The molecule has 1 N–H and O–H groups in total. The summed E-state index contributed by atoms with van der Waals surface area (Å²) in [5, 5.41) is 17.5. The van der Waals surface area contributed by atoms with Crippen molar-refractivity contribution in [2.75, 3.05) is 11.9 Å². The average Bonchev–Trinajstić information content (AvgIpc) is 3.30. The van der Waals surface area contributed by atoms with Gasteiger partial charge in [0.1, 0.15) is 34.8 Å². The molecule has 0 aliphatic rings. The monoisotopic (exact) mass is 411 g/mol. The van der Waals surface area contributed by atoms with Crippen LogP contribution in [0.2, 0.25) is 0 Å². The standard InChI is InChI=1S/C20H17N3O5S/c1-12-16(13(2)28-23-12)10-26-17-6-4-3-5-15(17)20(25)27-11-18(24)22-19-14(9-21)7-8-29-19/h3-8H,10-11H2,1-2H3,(H,22,24). The van der Waals surface area contributed by atoms with E-state index < -0.39 is 18.5 Å². The topological polar surface area (TPSA) is 114 Å². The lowest BCUT2D eigenvalue weighted by atomic mass is 10.2. The predicted octanol–water partition coefficient (Wildman–Crippen LogP) is 3.60. The van der Waals surface area contributed by atoms with Gasteiger partial charge in [-0.25, -0.2) is 4.79 Å². The third-order valence-corrected chi connectivity index (χ3v) is 4.86. The Kier molecular flexibility index (Phi) is 6.26. The Bertz CT molecular complexity index is 1060. The van der Waals surface area contributed by atoms with Gasteiger partial charge in [0.15, 0.2) is 6.61 Å². The number of para-hydroxylation sites is 1. The zero-order valence-electron chi connectivity index (χ0n) is 15.7. The van der Waals surface area contributed by atoms with Crippen LogP contribution in [0.25, 0.3) is 0 Å². The number of amides is 1. The molecule has 9 heteroatoms. The number of nitriles is 1. The van der Waals surface area contributed by atoms with E-state index in [-0.39, 0.29) is 12.2 Å². The summed E-state index contributed by atoms with van der Waals surface area (Å²) in [6.07, 6.45) is 0. The molecule has 0 saturated carbocycles. The van der Waals surface area contributed by atoms with Crippen molar-refractivity contribution >= 4 is 28.2 Å². The number of hydrogen-bond donors (Lipinski definition) is 1. The highest BCUT2D eigenvalue weighted by Crippen LogP contribution is 2.23. The molecule has 0 atom stereocenters. The molecule has 2 heterocycles. The van der Waals surface area contributed by atoms with Crippen molar-refractivity contribution in [1.29, 1.82) is 5.26 Å². The highest BCUT2D eigenvalue weighted by molar-refractivity contribution is 7.14. The lowest BCUT2D eigenvalue weighted by Gasteiger charge is -2.11. The van der Waals surface area contributed by atoms with E-state index in [1.807, 2.05) is 6.07 Å². The van der Waals surface area contributed by atoms with E-state index in [1.165, 1.54) is 11.3 Å². The minimum atomic E-state index is -0.693. The van der Waals surface area contributed by atoms with Crippen molar-refractivity contribution in [3.05, 3.63) is 63.9 Å². The Hall–Kier alpha value is -3.64. The summed E-state index contributed by atoms with van der Waals surface area (Å²) in [5.41, 5.74) is 2.06. The summed E-state index contributed by atoms with van der Waals surface area (Å²) in [5.74, 6) is -0.264. The van der Waals surface area contributed by atoms with Crippen LogP contribution in [-0.2, 0) is 16.1 Å². The molecular formula is C20H17N3O5S. The Morgan fingerprint density at radius 2 is 2.07 bits per heavy atom. The van der Waals surface area contributed by atoms with Crippen LogP contribution >= 0.6 is 11.3 Å². The molecule has 148 valence electrons. The molecule has 3 rings (SSSR count). The first-order valence-electron chi connectivity index (χ1n) is 8.57. The van der Waals surface area contributed by atoms with Gasteiger partial charge in [0.2, 0.25) is 0 Å². The molecule has 0 saturated heterocycles. The number of ether oxygens (including phenoxy) is 2. The third kappa shape index (κ3) is 4.80. The molecule has 0 unspecified atom stereocenters. The van der Waals surface area contributed by atoms with Gasteiger partial charge in [-0.2, -0.15) is 5.26 Å². The normalized spacial score (nSPS) is 10.2. The number of aromatic nitrogens is 1. The van der Waals surface area contributed by atoms with E-state index in [0.717, 1.165) is 5.56 Å².